The monoisotopic (exact) mass is 287 g/mol. The summed E-state index contributed by atoms with van der Waals surface area (Å²) in [5.74, 6) is -0.380. The maximum absolute atomic E-state index is 11.5. The normalized spacial score (nSPS) is 10.1. The first kappa shape index (κ1) is 12.9. The summed E-state index contributed by atoms with van der Waals surface area (Å²) in [5, 5.41) is 9.56. The second kappa shape index (κ2) is 6.44. The van der Waals surface area contributed by atoms with Gasteiger partial charge in [0.1, 0.15) is 5.69 Å². The minimum Gasteiger partial charge on any atom is -0.461 e. The highest BCUT2D eigenvalue weighted by molar-refractivity contribution is 9.11. The van der Waals surface area contributed by atoms with Crippen LogP contribution in [0.5, 0.6) is 0 Å². The fourth-order valence-electron chi connectivity index (χ4n) is 1.16. The Labute approximate surface area is 102 Å². The Kier molecular flexibility index (Phi) is 5.21. The Hall–Kier alpha value is -1.14. The SMILES string of the molecule is C=C(Br)CNCc1cn[nH]c1C(=O)OCC. The zero-order valence-electron chi connectivity index (χ0n) is 9.05. The minimum atomic E-state index is -0.380. The van der Waals surface area contributed by atoms with Crippen LogP contribution in [0.25, 0.3) is 0 Å². The van der Waals surface area contributed by atoms with Crippen LogP contribution < -0.4 is 5.32 Å². The average Bonchev–Trinajstić information content (AvgIpc) is 2.66. The third-order valence-electron chi connectivity index (χ3n) is 1.83. The number of esters is 1. The third-order valence-corrected chi connectivity index (χ3v) is 2.11. The van der Waals surface area contributed by atoms with Gasteiger partial charge in [0.25, 0.3) is 0 Å². The first-order valence-electron chi connectivity index (χ1n) is 4.88. The highest BCUT2D eigenvalue weighted by Crippen LogP contribution is 2.06. The Bertz CT molecular complexity index is 376. The molecule has 5 nitrogen and oxygen atoms in total. The number of hydrogen-bond acceptors (Lipinski definition) is 4. The van der Waals surface area contributed by atoms with Crippen LogP contribution in [-0.4, -0.2) is 29.3 Å². The highest BCUT2D eigenvalue weighted by Gasteiger charge is 2.14. The number of hydrogen-bond donors (Lipinski definition) is 2. The molecule has 0 saturated heterocycles. The van der Waals surface area contributed by atoms with E-state index in [2.05, 4.69) is 38.0 Å². The second-order valence-electron chi connectivity index (χ2n) is 3.11. The maximum atomic E-state index is 11.5. The van der Waals surface area contributed by atoms with Gasteiger partial charge in [-0.15, -0.1) is 0 Å². The summed E-state index contributed by atoms with van der Waals surface area (Å²) in [6.45, 7) is 6.98. The Morgan fingerprint density at radius 1 is 1.75 bits per heavy atom. The van der Waals surface area contributed by atoms with Gasteiger partial charge in [-0.1, -0.05) is 22.5 Å². The zero-order valence-corrected chi connectivity index (χ0v) is 10.6. The molecule has 0 aliphatic rings. The van der Waals surface area contributed by atoms with Crippen LogP contribution in [0.3, 0.4) is 0 Å². The van der Waals surface area contributed by atoms with Crippen molar-refractivity contribution >= 4 is 21.9 Å². The summed E-state index contributed by atoms with van der Waals surface area (Å²) in [6.07, 6.45) is 1.61. The van der Waals surface area contributed by atoms with Crippen LogP contribution in [0.1, 0.15) is 23.0 Å². The van der Waals surface area contributed by atoms with Crippen molar-refractivity contribution < 1.29 is 9.53 Å². The molecule has 1 rings (SSSR count). The number of aromatic amines is 1. The summed E-state index contributed by atoms with van der Waals surface area (Å²) in [4.78, 5) is 11.5. The summed E-state index contributed by atoms with van der Waals surface area (Å²) in [6, 6.07) is 0. The fraction of sp³-hybridized carbons (Fsp3) is 0.400. The molecule has 0 atom stereocenters. The van der Waals surface area contributed by atoms with Crippen molar-refractivity contribution in [1.29, 1.82) is 0 Å². The van der Waals surface area contributed by atoms with Gasteiger partial charge >= 0.3 is 5.97 Å². The van der Waals surface area contributed by atoms with Crippen molar-refractivity contribution in [3.8, 4) is 0 Å². The molecule has 1 heterocycles. The number of halogens is 1. The number of ether oxygens (including phenoxy) is 1. The molecule has 0 fully saturated rings. The molecule has 0 aliphatic heterocycles. The van der Waals surface area contributed by atoms with Gasteiger partial charge < -0.3 is 10.1 Å². The molecule has 16 heavy (non-hydrogen) atoms. The second-order valence-corrected chi connectivity index (χ2v) is 4.23. The fourth-order valence-corrected chi connectivity index (χ4v) is 1.36. The van der Waals surface area contributed by atoms with Gasteiger partial charge in [-0.25, -0.2) is 4.79 Å². The van der Waals surface area contributed by atoms with Crippen LogP contribution in [0.15, 0.2) is 17.3 Å². The Morgan fingerprint density at radius 3 is 3.12 bits per heavy atom. The molecule has 88 valence electrons. The van der Waals surface area contributed by atoms with E-state index in [1.165, 1.54) is 0 Å². The molecular weight excluding hydrogens is 274 g/mol. The van der Waals surface area contributed by atoms with Gasteiger partial charge in [-0.2, -0.15) is 5.10 Å². The van der Waals surface area contributed by atoms with Crippen molar-refractivity contribution in [3.63, 3.8) is 0 Å². The van der Waals surface area contributed by atoms with Crippen molar-refractivity contribution in [2.24, 2.45) is 0 Å². The third kappa shape index (κ3) is 3.79. The molecular formula is C10H14BrN3O2. The molecule has 0 aromatic carbocycles. The average molecular weight is 288 g/mol. The number of carbonyl (C=O) groups excluding carboxylic acids is 1. The van der Waals surface area contributed by atoms with Crippen molar-refractivity contribution in [2.45, 2.75) is 13.5 Å². The number of nitrogens with zero attached hydrogens (tertiary/aromatic N) is 1. The van der Waals surface area contributed by atoms with Crippen LogP contribution in [0.2, 0.25) is 0 Å². The number of rotatable bonds is 6. The van der Waals surface area contributed by atoms with E-state index in [4.69, 9.17) is 4.74 Å². The van der Waals surface area contributed by atoms with Gasteiger partial charge in [0.15, 0.2) is 0 Å². The standard InChI is InChI=1S/C10H14BrN3O2/c1-3-16-10(15)9-8(6-13-14-9)5-12-4-7(2)11/h6,12H,2-5H2,1H3,(H,13,14). The Balaban J connectivity index is 2.56. The molecule has 1 aromatic heterocycles. The molecule has 6 heteroatoms. The van der Waals surface area contributed by atoms with E-state index in [1.54, 1.807) is 13.1 Å². The molecule has 0 saturated carbocycles. The van der Waals surface area contributed by atoms with E-state index >= 15 is 0 Å². The predicted octanol–water partition coefficient (Wildman–Crippen LogP) is 1.58. The molecule has 0 amide bonds. The van der Waals surface area contributed by atoms with Crippen LogP contribution in [0.4, 0.5) is 0 Å². The number of carbonyl (C=O) groups is 1. The largest absolute Gasteiger partial charge is 0.461 e. The van der Waals surface area contributed by atoms with Crippen LogP contribution in [-0.2, 0) is 11.3 Å². The molecule has 0 radical (unpaired) electrons. The van der Waals surface area contributed by atoms with Gasteiger partial charge in [0, 0.05) is 23.1 Å². The Morgan fingerprint density at radius 2 is 2.50 bits per heavy atom. The first-order valence-corrected chi connectivity index (χ1v) is 5.67. The molecule has 0 spiro atoms. The van der Waals surface area contributed by atoms with Crippen molar-refractivity contribution in [1.82, 2.24) is 15.5 Å². The molecule has 0 unspecified atom stereocenters. The van der Waals surface area contributed by atoms with E-state index < -0.39 is 0 Å². The molecule has 2 N–H and O–H groups in total. The number of aromatic nitrogens is 2. The zero-order chi connectivity index (χ0) is 12.0. The summed E-state index contributed by atoms with van der Waals surface area (Å²) in [5.41, 5.74) is 1.18. The van der Waals surface area contributed by atoms with Crippen LogP contribution in [0, 0.1) is 0 Å². The lowest BCUT2D eigenvalue weighted by Gasteiger charge is -2.04. The summed E-state index contributed by atoms with van der Waals surface area (Å²) < 4.78 is 5.74. The quantitative estimate of drug-likeness (QED) is 0.780. The lowest BCUT2D eigenvalue weighted by atomic mass is 10.2. The minimum absolute atomic E-state index is 0.350. The maximum Gasteiger partial charge on any atom is 0.356 e. The van der Waals surface area contributed by atoms with Crippen molar-refractivity contribution in [2.75, 3.05) is 13.2 Å². The van der Waals surface area contributed by atoms with E-state index in [1.807, 2.05) is 0 Å². The number of H-pyrrole nitrogens is 1. The van der Waals surface area contributed by atoms with Gasteiger partial charge in [-0.05, 0) is 6.92 Å². The molecule has 0 aliphatic carbocycles. The highest BCUT2D eigenvalue weighted by atomic mass is 79.9. The van der Waals surface area contributed by atoms with Crippen LogP contribution >= 0.6 is 15.9 Å². The number of nitrogens with one attached hydrogen (secondary N) is 2. The van der Waals surface area contributed by atoms with Gasteiger partial charge in [0.2, 0.25) is 0 Å². The van der Waals surface area contributed by atoms with Crippen molar-refractivity contribution in [3.05, 3.63) is 28.5 Å². The smallest absolute Gasteiger partial charge is 0.356 e. The predicted molar refractivity (Wildman–Crippen MR) is 64.3 cm³/mol. The summed E-state index contributed by atoms with van der Waals surface area (Å²) in [7, 11) is 0. The molecule has 1 aromatic rings. The van der Waals surface area contributed by atoms with E-state index in [0.717, 1.165) is 10.0 Å². The lowest BCUT2D eigenvalue weighted by Crippen LogP contribution is -2.17. The van der Waals surface area contributed by atoms with Gasteiger partial charge in [0.05, 0.1) is 12.8 Å². The summed E-state index contributed by atoms with van der Waals surface area (Å²) >= 11 is 3.24. The molecule has 0 bridgehead atoms. The lowest BCUT2D eigenvalue weighted by molar-refractivity contribution is 0.0518. The van der Waals surface area contributed by atoms with E-state index in [0.29, 0.717) is 25.4 Å². The van der Waals surface area contributed by atoms with Gasteiger partial charge in [-0.3, -0.25) is 5.10 Å². The first-order chi connectivity index (χ1) is 7.65. The van der Waals surface area contributed by atoms with E-state index in [9.17, 15) is 4.79 Å². The van der Waals surface area contributed by atoms with E-state index in [-0.39, 0.29) is 5.97 Å². The topological polar surface area (TPSA) is 67.0 Å².